The molecule has 0 aliphatic carbocycles. The molecule has 2 rings (SSSR count). The summed E-state index contributed by atoms with van der Waals surface area (Å²) in [4.78, 5) is 30.7. The Labute approximate surface area is 129 Å². The van der Waals surface area contributed by atoms with Gasteiger partial charge < -0.3 is 15.7 Å². The first-order chi connectivity index (χ1) is 9.88. The number of carbonyl (C=O) groups is 2. The SMILES string of the molecule is CC(C)(NC(=O)NCc1nc(C(=O)O)cs1)c1nccs1. The molecular weight excluding hydrogens is 312 g/mol. The summed E-state index contributed by atoms with van der Waals surface area (Å²) in [7, 11) is 0. The Hall–Kier alpha value is -2.00. The Balaban J connectivity index is 1.88. The highest BCUT2D eigenvalue weighted by Crippen LogP contribution is 2.21. The minimum atomic E-state index is -1.08. The van der Waals surface area contributed by atoms with Crippen molar-refractivity contribution in [3.8, 4) is 0 Å². The Bertz CT molecular complexity index is 637. The fraction of sp³-hybridized carbons (Fsp3) is 0.333. The molecule has 0 atom stereocenters. The van der Waals surface area contributed by atoms with Gasteiger partial charge in [-0.1, -0.05) is 0 Å². The second-order valence-corrected chi connectivity index (χ2v) is 6.54. The molecule has 0 saturated heterocycles. The van der Waals surface area contributed by atoms with Gasteiger partial charge in [-0.05, 0) is 13.8 Å². The van der Waals surface area contributed by atoms with Gasteiger partial charge in [0.05, 0.1) is 12.1 Å². The van der Waals surface area contributed by atoms with Crippen LogP contribution in [0.25, 0.3) is 0 Å². The summed E-state index contributed by atoms with van der Waals surface area (Å²) in [5.41, 5.74) is -0.590. The third-order valence-electron chi connectivity index (χ3n) is 2.56. The third kappa shape index (κ3) is 3.99. The quantitative estimate of drug-likeness (QED) is 0.780. The van der Waals surface area contributed by atoms with Crippen LogP contribution in [0.15, 0.2) is 17.0 Å². The largest absolute Gasteiger partial charge is 0.476 e. The minimum Gasteiger partial charge on any atom is -0.476 e. The molecule has 0 fully saturated rings. The summed E-state index contributed by atoms with van der Waals surface area (Å²) in [6.07, 6.45) is 1.68. The van der Waals surface area contributed by atoms with Crippen LogP contribution in [0.3, 0.4) is 0 Å². The van der Waals surface area contributed by atoms with E-state index >= 15 is 0 Å². The van der Waals surface area contributed by atoms with Crippen LogP contribution >= 0.6 is 22.7 Å². The number of nitrogens with one attached hydrogen (secondary N) is 2. The average molecular weight is 326 g/mol. The van der Waals surface area contributed by atoms with E-state index in [1.54, 1.807) is 6.20 Å². The van der Waals surface area contributed by atoms with Crippen molar-refractivity contribution in [1.29, 1.82) is 0 Å². The second-order valence-electron chi connectivity index (χ2n) is 4.70. The molecule has 2 heterocycles. The van der Waals surface area contributed by atoms with Crippen LogP contribution in [0.4, 0.5) is 4.79 Å². The fourth-order valence-corrected chi connectivity index (χ4v) is 2.99. The summed E-state index contributed by atoms with van der Waals surface area (Å²) >= 11 is 2.65. The molecule has 0 saturated carbocycles. The van der Waals surface area contributed by atoms with Crippen molar-refractivity contribution in [3.05, 3.63) is 32.7 Å². The lowest BCUT2D eigenvalue weighted by Crippen LogP contribution is -2.46. The van der Waals surface area contributed by atoms with Crippen molar-refractivity contribution in [2.45, 2.75) is 25.9 Å². The van der Waals surface area contributed by atoms with Gasteiger partial charge in [0.25, 0.3) is 0 Å². The first-order valence-electron chi connectivity index (χ1n) is 6.02. The van der Waals surface area contributed by atoms with Crippen molar-refractivity contribution >= 4 is 34.7 Å². The van der Waals surface area contributed by atoms with E-state index < -0.39 is 11.5 Å². The van der Waals surface area contributed by atoms with Crippen LogP contribution < -0.4 is 10.6 Å². The molecule has 112 valence electrons. The number of aromatic carboxylic acids is 1. The van der Waals surface area contributed by atoms with Gasteiger partial charge >= 0.3 is 12.0 Å². The summed E-state index contributed by atoms with van der Waals surface area (Å²) < 4.78 is 0. The highest BCUT2D eigenvalue weighted by molar-refractivity contribution is 7.10. The zero-order valence-electron chi connectivity index (χ0n) is 11.4. The number of carboxylic acid groups (broad SMARTS) is 1. The van der Waals surface area contributed by atoms with Crippen LogP contribution in [0.1, 0.15) is 34.4 Å². The molecule has 21 heavy (non-hydrogen) atoms. The first kappa shape index (κ1) is 15.4. The van der Waals surface area contributed by atoms with Crippen LogP contribution in [-0.4, -0.2) is 27.1 Å². The molecule has 3 N–H and O–H groups in total. The Morgan fingerprint density at radius 1 is 1.38 bits per heavy atom. The molecule has 2 aromatic rings. The number of aromatic nitrogens is 2. The van der Waals surface area contributed by atoms with Crippen molar-refractivity contribution < 1.29 is 14.7 Å². The lowest BCUT2D eigenvalue weighted by atomic mass is 10.1. The summed E-state index contributed by atoms with van der Waals surface area (Å²) in [5.74, 6) is -1.08. The van der Waals surface area contributed by atoms with Crippen LogP contribution in [0.2, 0.25) is 0 Å². The molecule has 0 unspecified atom stereocenters. The lowest BCUT2D eigenvalue weighted by Gasteiger charge is -2.23. The predicted molar refractivity (Wildman–Crippen MR) is 79.6 cm³/mol. The van der Waals surface area contributed by atoms with E-state index in [1.807, 2.05) is 19.2 Å². The Morgan fingerprint density at radius 3 is 2.71 bits per heavy atom. The zero-order valence-corrected chi connectivity index (χ0v) is 13.0. The van der Waals surface area contributed by atoms with Gasteiger partial charge in [-0.3, -0.25) is 0 Å². The molecular formula is C12H14N4O3S2. The van der Waals surface area contributed by atoms with Gasteiger partial charge in [-0.25, -0.2) is 19.6 Å². The van der Waals surface area contributed by atoms with Crippen molar-refractivity contribution in [3.63, 3.8) is 0 Å². The van der Waals surface area contributed by atoms with Crippen LogP contribution in [-0.2, 0) is 12.1 Å². The van der Waals surface area contributed by atoms with Gasteiger partial charge in [-0.2, -0.15) is 0 Å². The van der Waals surface area contributed by atoms with Gasteiger partial charge in [0.2, 0.25) is 0 Å². The molecule has 9 heteroatoms. The maximum atomic E-state index is 11.9. The van der Waals surface area contributed by atoms with Crippen molar-refractivity contribution in [2.24, 2.45) is 0 Å². The highest BCUT2D eigenvalue weighted by atomic mass is 32.1. The molecule has 0 aromatic carbocycles. The molecule has 2 amide bonds. The smallest absolute Gasteiger partial charge is 0.355 e. The highest BCUT2D eigenvalue weighted by Gasteiger charge is 2.25. The van der Waals surface area contributed by atoms with E-state index in [0.29, 0.717) is 5.01 Å². The van der Waals surface area contributed by atoms with E-state index in [0.717, 1.165) is 5.01 Å². The van der Waals surface area contributed by atoms with Crippen molar-refractivity contribution in [1.82, 2.24) is 20.6 Å². The normalized spacial score (nSPS) is 11.1. The topological polar surface area (TPSA) is 104 Å². The number of hydrogen-bond donors (Lipinski definition) is 3. The number of hydrogen-bond acceptors (Lipinski definition) is 6. The molecule has 0 bridgehead atoms. The van der Waals surface area contributed by atoms with Crippen LogP contribution in [0.5, 0.6) is 0 Å². The van der Waals surface area contributed by atoms with Gasteiger partial charge in [-0.15, -0.1) is 22.7 Å². The molecule has 0 spiro atoms. The zero-order chi connectivity index (χ0) is 15.5. The number of thiazole rings is 2. The van der Waals surface area contributed by atoms with E-state index in [2.05, 4.69) is 20.6 Å². The summed E-state index contributed by atoms with van der Waals surface area (Å²) in [6, 6.07) is -0.359. The Kier molecular flexibility index (Phi) is 4.53. The number of rotatable bonds is 5. The number of carbonyl (C=O) groups excluding carboxylic acids is 1. The van der Waals surface area contributed by atoms with Gasteiger partial charge in [0.15, 0.2) is 5.69 Å². The second kappa shape index (κ2) is 6.19. The van der Waals surface area contributed by atoms with Gasteiger partial charge in [0.1, 0.15) is 10.0 Å². The summed E-state index contributed by atoms with van der Waals surface area (Å²) in [6.45, 7) is 3.90. The van der Waals surface area contributed by atoms with E-state index in [4.69, 9.17) is 5.11 Å². The number of amides is 2. The molecule has 7 nitrogen and oxygen atoms in total. The van der Waals surface area contributed by atoms with Crippen molar-refractivity contribution in [2.75, 3.05) is 0 Å². The maximum absolute atomic E-state index is 11.9. The standard InChI is InChI=1S/C12H14N4O3S2/c1-12(2,10-13-3-4-20-10)16-11(19)14-5-8-15-7(6-21-8)9(17)18/h3-4,6H,5H2,1-2H3,(H,17,18)(H2,14,16,19). The third-order valence-corrected chi connectivity index (χ3v) is 4.51. The average Bonchev–Trinajstić information content (AvgIpc) is 3.07. The number of urea groups is 1. The predicted octanol–water partition coefficient (Wildman–Crippen LogP) is 2.03. The molecule has 0 aliphatic heterocycles. The minimum absolute atomic E-state index is 0.0136. The maximum Gasteiger partial charge on any atom is 0.355 e. The fourth-order valence-electron chi connectivity index (χ4n) is 1.56. The number of carboxylic acids is 1. The molecule has 2 aromatic heterocycles. The first-order valence-corrected chi connectivity index (χ1v) is 7.78. The van der Waals surface area contributed by atoms with E-state index in [-0.39, 0.29) is 18.3 Å². The Morgan fingerprint density at radius 2 is 2.14 bits per heavy atom. The summed E-state index contributed by atoms with van der Waals surface area (Å²) in [5, 5.41) is 18.9. The van der Waals surface area contributed by atoms with E-state index in [9.17, 15) is 9.59 Å². The number of nitrogens with zero attached hydrogens (tertiary/aromatic N) is 2. The molecule has 0 aliphatic rings. The molecule has 0 radical (unpaired) electrons. The van der Waals surface area contributed by atoms with E-state index in [1.165, 1.54) is 28.1 Å². The van der Waals surface area contributed by atoms with Gasteiger partial charge in [0, 0.05) is 17.0 Å². The lowest BCUT2D eigenvalue weighted by molar-refractivity contribution is 0.0691. The monoisotopic (exact) mass is 326 g/mol. The van der Waals surface area contributed by atoms with Crippen LogP contribution in [0, 0.1) is 0 Å².